The molecule has 0 bridgehead atoms. The van der Waals surface area contributed by atoms with Crippen molar-refractivity contribution in [1.29, 1.82) is 0 Å². The predicted molar refractivity (Wildman–Crippen MR) is 83.7 cm³/mol. The molecular formula is C17H26N2O2. The Morgan fingerprint density at radius 1 is 1.33 bits per heavy atom. The maximum atomic E-state index is 12.5. The zero-order valence-electron chi connectivity index (χ0n) is 13.2. The molecule has 2 unspecified atom stereocenters. The van der Waals surface area contributed by atoms with Gasteiger partial charge in [-0.15, -0.1) is 0 Å². The third-order valence-electron chi connectivity index (χ3n) is 3.79. The summed E-state index contributed by atoms with van der Waals surface area (Å²) in [6.07, 6.45) is 0.685. The lowest BCUT2D eigenvalue weighted by Crippen LogP contribution is -2.51. The molecule has 0 radical (unpaired) electrons. The van der Waals surface area contributed by atoms with Crippen molar-refractivity contribution in [2.45, 2.75) is 45.4 Å². The second-order valence-corrected chi connectivity index (χ2v) is 6.33. The quantitative estimate of drug-likeness (QED) is 0.926. The van der Waals surface area contributed by atoms with Crippen LogP contribution in [0.4, 0.5) is 0 Å². The highest BCUT2D eigenvalue weighted by atomic mass is 16.5. The summed E-state index contributed by atoms with van der Waals surface area (Å²) in [6, 6.07) is 9.64. The van der Waals surface area contributed by atoms with Crippen molar-refractivity contribution in [3.63, 3.8) is 0 Å². The number of carbonyl (C=O) groups excluding carboxylic acids is 1. The lowest BCUT2D eigenvalue weighted by atomic mass is 10.0. The van der Waals surface area contributed by atoms with E-state index in [2.05, 4.69) is 13.8 Å². The lowest BCUT2D eigenvalue weighted by Gasteiger charge is -2.38. The van der Waals surface area contributed by atoms with Gasteiger partial charge in [0.15, 0.2) is 0 Å². The normalized spacial score (nSPS) is 24.1. The fourth-order valence-electron chi connectivity index (χ4n) is 2.83. The van der Waals surface area contributed by atoms with Crippen LogP contribution in [0.25, 0.3) is 0 Å². The summed E-state index contributed by atoms with van der Waals surface area (Å²) >= 11 is 0. The van der Waals surface area contributed by atoms with Gasteiger partial charge in [-0.3, -0.25) is 4.79 Å². The predicted octanol–water partition coefficient (Wildman–Crippen LogP) is 2.35. The molecule has 1 aliphatic heterocycles. The Hall–Kier alpha value is -1.39. The van der Waals surface area contributed by atoms with Crippen molar-refractivity contribution in [2.24, 2.45) is 11.7 Å². The number of rotatable bonds is 4. The van der Waals surface area contributed by atoms with Crippen molar-refractivity contribution in [2.75, 3.05) is 13.1 Å². The molecule has 1 aromatic carbocycles. The maximum absolute atomic E-state index is 12.5. The van der Waals surface area contributed by atoms with E-state index in [1.54, 1.807) is 0 Å². The lowest BCUT2D eigenvalue weighted by molar-refractivity contribution is -0.146. The summed E-state index contributed by atoms with van der Waals surface area (Å²) in [4.78, 5) is 14.4. The number of nitrogens with zero attached hydrogens (tertiary/aromatic N) is 1. The molecule has 3 atom stereocenters. The minimum absolute atomic E-state index is 0.0270. The summed E-state index contributed by atoms with van der Waals surface area (Å²) in [5, 5.41) is 0. The molecule has 0 aliphatic carbocycles. The molecule has 21 heavy (non-hydrogen) atoms. The van der Waals surface area contributed by atoms with Gasteiger partial charge in [-0.1, -0.05) is 44.2 Å². The van der Waals surface area contributed by atoms with E-state index < -0.39 is 6.04 Å². The van der Waals surface area contributed by atoms with E-state index in [9.17, 15) is 4.79 Å². The molecule has 116 valence electrons. The monoisotopic (exact) mass is 290 g/mol. The minimum Gasteiger partial charge on any atom is -0.367 e. The van der Waals surface area contributed by atoms with E-state index in [4.69, 9.17) is 10.5 Å². The molecule has 0 saturated carbocycles. The van der Waals surface area contributed by atoms with Crippen LogP contribution >= 0.6 is 0 Å². The van der Waals surface area contributed by atoms with Gasteiger partial charge in [0, 0.05) is 6.54 Å². The average molecular weight is 290 g/mol. The van der Waals surface area contributed by atoms with Gasteiger partial charge in [-0.25, -0.2) is 0 Å². The SMILES string of the molecule is CC(C)C[C@H](N)C(=O)N1CC(C)OC(c2ccccc2)C1. The Kier molecular flexibility index (Phi) is 5.37. The van der Waals surface area contributed by atoms with Crippen LogP contribution in [0.2, 0.25) is 0 Å². The molecule has 1 saturated heterocycles. The Morgan fingerprint density at radius 3 is 2.62 bits per heavy atom. The van der Waals surface area contributed by atoms with Crippen molar-refractivity contribution in [3.8, 4) is 0 Å². The number of benzene rings is 1. The highest BCUT2D eigenvalue weighted by Crippen LogP contribution is 2.25. The van der Waals surface area contributed by atoms with E-state index in [0.29, 0.717) is 19.0 Å². The molecule has 1 heterocycles. The Bertz CT molecular complexity index is 461. The number of hydrogen-bond donors (Lipinski definition) is 1. The highest BCUT2D eigenvalue weighted by Gasteiger charge is 2.31. The number of ether oxygens (including phenoxy) is 1. The molecule has 1 amide bonds. The van der Waals surface area contributed by atoms with Gasteiger partial charge in [0.25, 0.3) is 0 Å². The first kappa shape index (κ1) is 16.0. The summed E-state index contributed by atoms with van der Waals surface area (Å²) in [7, 11) is 0. The second kappa shape index (κ2) is 7.05. The first-order valence-corrected chi connectivity index (χ1v) is 7.72. The Labute approximate surface area is 127 Å². The van der Waals surface area contributed by atoms with Crippen LogP contribution in [0.1, 0.15) is 38.9 Å². The van der Waals surface area contributed by atoms with Crippen LogP contribution < -0.4 is 5.73 Å². The van der Waals surface area contributed by atoms with Crippen molar-refractivity contribution < 1.29 is 9.53 Å². The molecule has 1 aliphatic rings. The molecule has 1 fully saturated rings. The standard InChI is InChI=1S/C17H26N2O2/c1-12(2)9-15(18)17(20)19-10-13(3)21-16(11-19)14-7-5-4-6-8-14/h4-8,12-13,15-16H,9-11,18H2,1-3H3/t13?,15-,16?/m0/s1. The summed E-state index contributed by atoms with van der Waals surface area (Å²) in [5.41, 5.74) is 7.16. The number of carbonyl (C=O) groups is 1. The van der Waals surface area contributed by atoms with E-state index in [0.717, 1.165) is 12.0 Å². The van der Waals surface area contributed by atoms with Gasteiger partial charge < -0.3 is 15.4 Å². The molecule has 0 spiro atoms. The van der Waals surface area contributed by atoms with E-state index in [1.165, 1.54) is 0 Å². The number of hydrogen-bond acceptors (Lipinski definition) is 3. The number of morpholine rings is 1. The maximum Gasteiger partial charge on any atom is 0.239 e. The zero-order chi connectivity index (χ0) is 15.4. The van der Waals surface area contributed by atoms with Crippen molar-refractivity contribution in [1.82, 2.24) is 4.90 Å². The fraction of sp³-hybridized carbons (Fsp3) is 0.588. The van der Waals surface area contributed by atoms with Crippen molar-refractivity contribution >= 4 is 5.91 Å². The molecule has 0 aromatic heterocycles. The third kappa shape index (κ3) is 4.29. The van der Waals surface area contributed by atoms with Gasteiger partial charge >= 0.3 is 0 Å². The minimum atomic E-state index is -0.410. The topological polar surface area (TPSA) is 55.6 Å². The van der Waals surface area contributed by atoms with Gasteiger partial charge in [0.2, 0.25) is 5.91 Å². The van der Waals surface area contributed by atoms with Crippen LogP contribution in [-0.2, 0) is 9.53 Å². The molecule has 4 heteroatoms. The summed E-state index contributed by atoms with van der Waals surface area (Å²) in [6.45, 7) is 7.37. The van der Waals surface area contributed by atoms with Crippen LogP contribution in [0.15, 0.2) is 30.3 Å². The molecule has 1 aromatic rings. The Morgan fingerprint density at radius 2 is 2.00 bits per heavy atom. The molecule has 4 nitrogen and oxygen atoms in total. The van der Waals surface area contributed by atoms with Gasteiger partial charge in [0.05, 0.1) is 18.7 Å². The smallest absolute Gasteiger partial charge is 0.239 e. The van der Waals surface area contributed by atoms with E-state index in [1.807, 2.05) is 42.2 Å². The van der Waals surface area contributed by atoms with Crippen LogP contribution in [0.3, 0.4) is 0 Å². The van der Waals surface area contributed by atoms with Crippen LogP contribution in [0, 0.1) is 5.92 Å². The van der Waals surface area contributed by atoms with Gasteiger partial charge in [-0.05, 0) is 24.8 Å². The largest absolute Gasteiger partial charge is 0.367 e. The zero-order valence-corrected chi connectivity index (χ0v) is 13.2. The molecule has 2 N–H and O–H groups in total. The first-order valence-electron chi connectivity index (χ1n) is 7.72. The Balaban J connectivity index is 2.05. The van der Waals surface area contributed by atoms with E-state index in [-0.39, 0.29) is 18.1 Å². The van der Waals surface area contributed by atoms with Gasteiger partial charge in [0.1, 0.15) is 6.10 Å². The first-order chi connectivity index (χ1) is 9.97. The summed E-state index contributed by atoms with van der Waals surface area (Å²) in [5.74, 6) is 0.465. The van der Waals surface area contributed by atoms with E-state index >= 15 is 0 Å². The van der Waals surface area contributed by atoms with Crippen LogP contribution in [0.5, 0.6) is 0 Å². The summed E-state index contributed by atoms with van der Waals surface area (Å²) < 4.78 is 5.98. The molecular weight excluding hydrogens is 264 g/mol. The highest BCUT2D eigenvalue weighted by molar-refractivity contribution is 5.81. The van der Waals surface area contributed by atoms with Gasteiger partial charge in [-0.2, -0.15) is 0 Å². The van der Waals surface area contributed by atoms with Crippen LogP contribution in [-0.4, -0.2) is 36.0 Å². The van der Waals surface area contributed by atoms with Crippen molar-refractivity contribution in [3.05, 3.63) is 35.9 Å². The second-order valence-electron chi connectivity index (χ2n) is 6.33. The molecule has 2 rings (SSSR count). The fourth-order valence-corrected chi connectivity index (χ4v) is 2.83. The third-order valence-corrected chi connectivity index (χ3v) is 3.79. The average Bonchev–Trinajstić information content (AvgIpc) is 2.46. The number of amides is 1. The number of nitrogens with two attached hydrogens (primary N) is 1.